The second-order valence-corrected chi connectivity index (χ2v) is 8.55. The van der Waals surface area contributed by atoms with Gasteiger partial charge in [-0.05, 0) is 49.4 Å². The molecule has 9 nitrogen and oxygen atoms in total. The van der Waals surface area contributed by atoms with Crippen LogP contribution in [0.5, 0.6) is 23.0 Å². The predicted molar refractivity (Wildman–Crippen MR) is 136 cm³/mol. The summed E-state index contributed by atoms with van der Waals surface area (Å²) >= 11 is 0. The zero-order valence-corrected chi connectivity index (χ0v) is 21.0. The van der Waals surface area contributed by atoms with Crippen LogP contribution in [0.15, 0.2) is 66.7 Å². The molecule has 2 aliphatic heterocycles. The van der Waals surface area contributed by atoms with E-state index in [-0.39, 0.29) is 5.91 Å². The van der Waals surface area contributed by atoms with E-state index >= 15 is 0 Å². The number of rotatable bonds is 8. The molecule has 2 heterocycles. The first kappa shape index (κ1) is 24.5. The molecule has 0 saturated carbocycles. The van der Waals surface area contributed by atoms with Gasteiger partial charge in [0.1, 0.15) is 23.5 Å². The van der Waals surface area contributed by atoms with Gasteiger partial charge >= 0.3 is 0 Å². The number of imide groups is 1. The number of para-hydroxylation sites is 1. The molecule has 2 aliphatic rings. The number of hydrogen-bond donors (Lipinski definition) is 0. The van der Waals surface area contributed by atoms with Crippen molar-refractivity contribution >= 4 is 23.2 Å². The van der Waals surface area contributed by atoms with Crippen molar-refractivity contribution in [2.75, 3.05) is 37.9 Å². The molecule has 0 aliphatic carbocycles. The van der Waals surface area contributed by atoms with Crippen LogP contribution in [0.25, 0.3) is 0 Å². The van der Waals surface area contributed by atoms with E-state index in [4.69, 9.17) is 23.8 Å². The van der Waals surface area contributed by atoms with Crippen LogP contribution in [-0.4, -0.2) is 45.9 Å². The number of hydroxylamine groups is 1. The molecule has 0 radical (unpaired) electrons. The topological polar surface area (TPSA) is 86.8 Å². The highest BCUT2D eigenvalue weighted by Gasteiger charge is 2.61. The molecular weight excluding hydrogens is 476 g/mol. The van der Waals surface area contributed by atoms with Gasteiger partial charge in [-0.3, -0.25) is 14.4 Å². The van der Waals surface area contributed by atoms with Gasteiger partial charge in [0.25, 0.3) is 5.91 Å². The Labute approximate surface area is 215 Å². The minimum atomic E-state index is -1.01. The van der Waals surface area contributed by atoms with Crippen molar-refractivity contribution in [1.29, 1.82) is 0 Å². The maximum atomic E-state index is 13.9. The van der Waals surface area contributed by atoms with E-state index < -0.39 is 24.0 Å². The summed E-state index contributed by atoms with van der Waals surface area (Å²) in [7, 11) is 4.61. The number of carbonyl (C=O) groups excluding carboxylic acids is 2. The third kappa shape index (κ3) is 4.11. The van der Waals surface area contributed by atoms with Crippen molar-refractivity contribution < 1.29 is 33.4 Å². The smallest absolute Gasteiger partial charge is 0.266 e. The SMILES string of the molecule is CCOc1ccc(N2C(=O)[C@H]3[C@H](ON(c4ccccc4)[C@@H]3c3cc(OC)c(OC)cc3OC)C2=O)cc1. The lowest BCUT2D eigenvalue weighted by Gasteiger charge is -2.30. The lowest BCUT2D eigenvalue weighted by Crippen LogP contribution is -2.37. The molecule has 3 atom stereocenters. The average Bonchev–Trinajstić information content (AvgIpc) is 3.44. The Morgan fingerprint density at radius 3 is 2.05 bits per heavy atom. The number of anilines is 2. The third-order valence-corrected chi connectivity index (χ3v) is 6.59. The van der Waals surface area contributed by atoms with Gasteiger partial charge in [0, 0.05) is 11.6 Å². The van der Waals surface area contributed by atoms with Crippen LogP contribution in [0.2, 0.25) is 0 Å². The second kappa shape index (κ2) is 10.0. The van der Waals surface area contributed by atoms with E-state index in [0.29, 0.717) is 46.5 Å². The zero-order valence-electron chi connectivity index (χ0n) is 21.0. The maximum Gasteiger partial charge on any atom is 0.266 e. The first-order valence-electron chi connectivity index (χ1n) is 11.9. The van der Waals surface area contributed by atoms with Crippen LogP contribution in [0.3, 0.4) is 0 Å². The van der Waals surface area contributed by atoms with Gasteiger partial charge in [-0.15, -0.1) is 0 Å². The van der Waals surface area contributed by atoms with Crippen molar-refractivity contribution in [2.24, 2.45) is 5.92 Å². The van der Waals surface area contributed by atoms with Gasteiger partial charge in [0.2, 0.25) is 5.91 Å². The molecule has 3 aromatic rings. The lowest BCUT2D eigenvalue weighted by molar-refractivity contribution is -0.126. The number of benzene rings is 3. The van der Waals surface area contributed by atoms with Crippen LogP contribution < -0.4 is 28.9 Å². The van der Waals surface area contributed by atoms with Crippen LogP contribution in [0.1, 0.15) is 18.5 Å². The summed E-state index contributed by atoms with van der Waals surface area (Å²) in [5.41, 5.74) is 1.79. The van der Waals surface area contributed by atoms with Crippen molar-refractivity contribution in [1.82, 2.24) is 0 Å². The molecule has 9 heteroatoms. The normalized spacial score (nSPS) is 20.7. The molecule has 0 unspecified atom stereocenters. The minimum Gasteiger partial charge on any atom is -0.496 e. The largest absolute Gasteiger partial charge is 0.496 e. The molecule has 3 aromatic carbocycles. The Balaban J connectivity index is 1.61. The van der Waals surface area contributed by atoms with E-state index in [1.165, 1.54) is 19.1 Å². The van der Waals surface area contributed by atoms with Crippen molar-refractivity contribution in [3.63, 3.8) is 0 Å². The molecule has 2 fully saturated rings. The summed E-state index contributed by atoms with van der Waals surface area (Å²) in [5.74, 6) is 0.467. The van der Waals surface area contributed by atoms with Crippen LogP contribution in [-0.2, 0) is 14.4 Å². The van der Waals surface area contributed by atoms with E-state index in [1.807, 2.05) is 37.3 Å². The van der Waals surface area contributed by atoms with Crippen molar-refractivity contribution in [3.05, 3.63) is 72.3 Å². The number of ether oxygens (including phenoxy) is 4. The van der Waals surface area contributed by atoms with E-state index in [9.17, 15) is 9.59 Å². The maximum absolute atomic E-state index is 13.9. The lowest BCUT2D eigenvalue weighted by atomic mass is 9.89. The van der Waals surface area contributed by atoms with E-state index in [0.717, 1.165) is 0 Å². The fourth-order valence-electron chi connectivity index (χ4n) is 4.93. The number of methoxy groups -OCH3 is 3. The fraction of sp³-hybridized carbons (Fsp3) is 0.286. The van der Waals surface area contributed by atoms with E-state index in [1.54, 1.807) is 48.6 Å². The molecule has 37 heavy (non-hydrogen) atoms. The third-order valence-electron chi connectivity index (χ3n) is 6.59. The van der Waals surface area contributed by atoms with Gasteiger partial charge in [-0.1, -0.05) is 18.2 Å². The molecule has 0 spiro atoms. The van der Waals surface area contributed by atoms with Gasteiger partial charge < -0.3 is 18.9 Å². The number of hydrogen-bond acceptors (Lipinski definition) is 8. The van der Waals surface area contributed by atoms with Gasteiger partial charge in [-0.2, -0.15) is 0 Å². The highest BCUT2D eigenvalue weighted by molar-refractivity contribution is 6.24. The molecular formula is C28H28N2O7. The highest BCUT2D eigenvalue weighted by Crippen LogP contribution is 2.51. The second-order valence-electron chi connectivity index (χ2n) is 8.55. The van der Waals surface area contributed by atoms with Crippen LogP contribution in [0.4, 0.5) is 11.4 Å². The number of carbonyl (C=O) groups is 2. The number of nitrogens with zero attached hydrogens (tertiary/aromatic N) is 2. The first-order valence-corrected chi connectivity index (χ1v) is 11.9. The standard InChI is InChI=1S/C28H28N2O7/c1-5-36-19-13-11-17(12-14-19)29-27(31)24-25(20-15-22(34-3)23(35-4)16-21(20)33-2)30(37-26(24)28(29)32)18-9-7-6-8-10-18/h6-16,24-26H,5H2,1-4H3/t24-,25-,26+/m1/s1. The Bertz CT molecular complexity index is 1300. The number of fused-ring (bicyclic) bond motifs is 1. The predicted octanol–water partition coefficient (Wildman–Crippen LogP) is 4.16. The molecule has 5 rings (SSSR count). The summed E-state index contributed by atoms with van der Waals surface area (Å²) in [6, 6.07) is 19.0. The zero-order chi connectivity index (χ0) is 26.1. The van der Waals surface area contributed by atoms with Crippen LogP contribution >= 0.6 is 0 Å². The Hall–Kier alpha value is -4.24. The van der Waals surface area contributed by atoms with Gasteiger partial charge in [0.15, 0.2) is 17.6 Å². The molecule has 2 amide bonds. The quantitative estimate of drug-likeness (QED) is 0.423. The molecule has 2 saturated heterocycles. The first-order chi connectivity index (χ1) is 18.0. The van der Waals surface area contributed by atoms with Crippen molar-refractivity contribution in [3.8, 4) is 23.0 Å². The number of amides is 2. The highest BCUT2D eigenvalue weighted by atomic mass is 16.7. The van der Waals surface area contributed by atoms with Gasteiger partial charge in [-0.25, -0.2) is 9.96 Å². The molecule has 0 aromatic heterocycles. The molecule has 0 N–H and O–H groups in total. The molecule has 0 bridgehead atoms. The monoisotopic (exact) mass is 504 g/mol. The molecule has 192 valence electrons. The summed E-state index contributed by atoms with van der Waals surface area (Å²) in [6.07, 6.45) is -1.01. The Kier molecular flexibility index (Phi) is 6.62. The van der Waals surface area contributed by atoms with Crippen LogP contribution in [0, 0.1) is 5.92 Å². The minimum absolute atomic E-state index is 0.362. The summed E-state index contributed by atoms with van der Waals surface area (Å²) in [5, 5.41) is 1.62. The van der Waals surface area contributed by atoms with Gasteiger partial charge in [0.05, 0.1) is 39.3 Å². The van der Waals surface area contributed by atoms with Crippen molar-refractivity contribution in [2.45, 2.75) is 19.1 Å². The fourth-order valence-corrected chi connectivity index (χ4v) is 4.93. The summed E-state index contributed by atoms with van der Waals surface area (Å²) < 4.78 is 22.2. The Morgan fingerprint density at radius 2 is 1.43 bits per heavy atom. The summed E-state index contributed by atoms with van der Waals surface area (Å²) in [4.78, 5) is 34.9. The average molecular weight is 505 g/mol. The van der Waals surface area contributed by atoms with E-state index in [2.05, 4.69) is 0 Å². The summed E-state index contributed by atoms with van der Waals surface area (Å²) in [6.45, 7) is 2.41. The Morgan fingerprint density at radius 1 is 0.784 bits per heavy atom.